The Morgan fingerprint density at radius 2 is 2.00 bits per heavy atom. The van der Waals surface area contributed by atoms with Crippen molar-refractivity contribution < 1.29 is 14.2 Å². The molecule has 1 spiro atoms. The van der Waals surface area contributed by atoms with Crippen molar-refractivity contribution in [1.82, 2.24) is 0 Å². The summed E-state index contributed by atoms with van der Waals surface area (Å²) in [5.74, 6) is 0.818. The minimum atomic E-state index is -0.228. The summed E-state index contributed by atoms with van der Waals surface area (Å²) < 4.78 is 17.8. The van der Waals surface area contributed by atoms with E-state index in [4.69, 9.17) is 14.2 Å². The van der Waals surface area contributed by atoms with Gasteiger partial charge in [-0.05, 0) is 12.5 Å². The van der Waals surface area contributed by atoms with Gasteiger partial charge in [0.25, 0.3) is 0 Å². The van der Waals surface area contributed by atoms with Crippen LogP contribution in [0, 0.1) is 11.8 Å². The standard InChI is InChI=1S/C16H18O3/c1-11-9-14-13(16(11)7-8-18-16)10-17-15(19-14)12-5-3-2-4-6-12/h2-8,11,13-15H,9-10H2,1H3/t11?,13-,14+,15?,16?/m1/s1. The van der Waals surface area contributed by atoms with Crippen LogP contribution >= 0.6 is 0 Å². The highest BCUT2D eigenvalue weighted by Gasteiger charge is 2.58. The van der Waals surface area contributed by atoms with Gasteiger partial charge in [0, 0.05) is 11.5 Å². The van der Waals surface area contributed by atoms with Crippen LogP contribution in [-0.2, 0) is 14.2 Å². The van der Waals surface area contributed by atoms with Crippen molar-refractivity contribution in [2.24, 2.45) is 11.8 Å². The summed E-state index contributed by atoms with van der Waals surface area (Å²) in [4.78, 5) is 0. The molecule has 1 aromatic rings. The number of hydrogen-bond donors (Lipinski definition) is 0. The number of fused-ring (bicyclic) bond motifs is 2. The van der Waals surface area contributed by atoms with Gasteiger partial charge in [-0.3, -0.25) is 0 Å². The summed E-state index contributed by atoms with van der Waals surface area (Å²) in [7, 11) is 0. The molecule has 0 amide bonds. The topological polar surface area (TPSA) is 27.7 Å². The highest BCUT2D eigenvalue weighted by molar-refractivity contribution is 5.22. The average Bonchev–Trinajstić information content (AvgIpc) is 2.70. The molecule has 1 saturated heterocycles. The van der Waals surface area contributed by atoms with Crippen LogP contribution < -0.4 is 0 Å². The molecule has 2 aliphatic heterocycles. The molecule has 0 radical (unpaired) electrons. The molecule has 1 saturated carbocycles. The lowest BCUT2D eigenvalue weighted by Gasteiger charge is -2.44. The molecule has 3 aliphatic rings. The minimum absolute atomic E-state index is 0.133. The molecule has 4 rings (SSSR count). The first-order chi connectivity index (χ1) is 9.29. The second-order valence-electron chi connectivity index (χ2n) is 5.77. The van der Waals surface area contributed by atoms with E-state index in [0.29, 0.717) is 18.4 Å². The normalized spacial score (nSPS) is 43.6. The second-order valence-corrected chi connectivity index (χ2v) is 5.77. The number of hydrogen-bond acceptors (Lipinski definition) is 3. The first-order valence-corrected chi connectivity index (χ1v) is 6.97. The molecule has 0 bridgehead atoms. The Bertz CT molecular complexity index is 498. The third-order valence-corrected chi connectivity index (χ3v) is 4.78. The monoisotopic (exact) mass is 258 g/mol. The first-order valence-electron chi connectivity index (χ1n) is 6.97. The zero-order valence-electron chi connectivity index (χ0n) is 11.0. The van der Waals surface area contributed by atoms with Crippen LogP contribution in [0.4, 0.5) is 0 Å². The average molecular weight is 258 g/mol. The van der Waals surface area contributed by atoms with E-state index in [9.17, 15) is 0 Å². The van der Waals surface area contributed by atoms with Gasteiger partial charge >= 0.3 is 0 Å². The largest absolute Gasteiger partial charge is 0.490 e. The lowest BCUT2D eigenvalue weighted by atomic mass is 9.82. The highest BCUT2D eigenvalue weighted by atomic mass is 16.7. The fourth-order valence-corrected chi connectivity index (χ4v) is 3.63. The first kappa shape index (κ1) is 11.5. The van der Waals surface area contributed by atoms with Crippen LogP contribution in [0.25, 0.3) is 0 Å². The molecule has 2 heterocycles. The van der Waals surface area contributed by atoms with Crippen molar-refractivity contribution in [3.05, 3.63) is 48.2 Å². The van der Waals surface area contributed by atoms with Crippen LogP contribution in [0.5, 0.6) is 0 Å². The Hall–Kier alpha value is -1.32. The SMILES string of the molecule is CC1C[C@@H]2OC(c3ccccc3)OC[C@H]2C12C=CO2. The molecule has 3 nitrogen and oxygen atoms in total. The molecule has 1 aliphatic carbocycles. The van der Waals surface area contributed by atoms with E-state index in [0.717, 1.165) is 12.0 Å². The summed E-state index contributed by atoms with van der Waals surface area (Å²) in [5, 5.41) is 0. The van der Waals surface area contributed by atoms with E-state index in [1.807, 2.05) is 18.2 Å². The van der Waals surface area contributed by atoms with Gasteiger partial charge in [0.15, 0.2) is 6.29 Å². The predicted molar refractivity (Wildman–Crippen MR) is 70.2 cm³/mol. The van der Waals surface area contributed by atoms with Gasteiger partial charge in [0.05, 0.1) is 24.9 Å². The fourth-order valence-electron chi connectivity index (χ4n) is 3.63. The lowest BCUT2D eigenvalue weighted by molar-refractivity contribution is -0.251. The Morgan fingerprint density at radius 3 is 2.68 bits per heavy atom. The van der Waals surface area contributed by atoms with Crippen LogP contribution in [-0.4, -0.2) is 18.3 Å². The Kier molecular flexibility index (Phi) is 2.47. The summed E-state index contributed by atoms with van der Waals surface area (Å²) in [6.07, 6.45) is 5.02. The van der Waals surface area contributed by atoms with Crippen molar-refractivity contribution >= 4 is 0 Å². The maximum atomic E-state index is 6.16. The Morgan fingerprint density at radius 1 is 1.21 bits per heavy atom. The highest BCUT2D eigenvalue weighted by Crippen LogP contribution is 2.52. The van der Waals surface area contributed by atoms with Crippen molar-refractivity contribution in [3.63, 3.8) is 0 Å². The molecule has 0 N–H and O–H groups in total. The van der Waals surface area contributed by atoms with Gasteiger partial charge in [-0.1, -0.05) is 37.3 Å². The maximum absolute atomic E-state index is 6.16. The molecule has 0 aromatic heterocycles. The van der Waals surface area contributed by atoms with Crippen molar-refractivity contribution in [2.75, 3.05) is 6.61 Å². The third kappa shape index (κ3) is 1.58. The lowest BCUT2D eigenvalue weighted by Crippen LogP contribution is -2.49. The van der Waals surface area contributed by atoms with E-state index in [2.05, 4.69) is 25.1 Å². The summed E-state index contributed by atoms with van der Waals surface area (Å²) in [5.41, 5.74) is 0.964. The second kappa shape index (κ2) is 4.09. The summed E-state index contributed by atoms with van der Waals surface area (Å²) in [6.45, 7) is 2.95. The van der Waals surface area contributed by atoms with Gasteiger partial charge < -0.3 is 14.2 Å². The zero-order valence-corrected chi connectivity index (χ0v) is 11.0. The van der Waals surface area contributed by atoms with Crippen LogP contribution in [0.2, 0.25) is 0 Å². The molecule has 1 aromatic carbocycles. The summed E-state index contributed by atoms with van der Waals surface area (Å²) >= 11 is 0. The smallest absolute Gasteiger partial charge is 0.184 e. The Labute approximate surface area is 113 Å². The van der Waals surface area contributed by atoms with E-state index >= 15 is 0 Å². The van der Waals surface area contributed by atoms with Gasteiger partial charge in [-0.25, -0.2) is 0 Å². The molecule has 5 atom stereocenters. The quantitative estimate of drug-likeness (QED) is 0.775. The van der Waals surface area contributed by atoms with Crippen molar-refractivity contribution in [1.29, 1.82) is 0 Å². The number of ether oxygens (including phenoxy) is 3. The van der Waals surface area contributed by atoms with E-state index in [1.165, 1.54) is 0 Å². The Balaban J connectivity index is 1.55. The van der Waals surface area contributed by atoms with Gasteiger partial charge in [0.2, 0.25) is 0 Å². The molecule has 2 fully saturated rings. The predicted octanol–water partition coefficient (Wildman–Crippen LogP) is 3.04. The van der Waals surface area contributed by atoms with E-state index in [-0.39, 0.29) is 18.0 Å². The molecular weight excluding hydrogens is 240 g/mol. The molecule has 100 valence electrons. The van der Waals surface area contributed by atoms with E-state index in [1.54, 1.807) is 6.26 Å². The van der Waals surface area contributed by atoms with Crippen LogP contribution in [0.3, 0.4) is 0 Å². The molecule has 3 heteroatoms. The minimum Gasteiger partial charge on any atom is -0.490 e. The van der Waals surface area contributed by atoms with Gasteiger partial charge in [0.1, 0.15) is 5.60 Å². The van der Waals surface area contributed by atoms with Gasteiger partial charge in [-0.15, -0.1) is 0 Å². The summed E-state index contributed by atoms with van der Waals surface area (Å²) in [6, 6.07) is 10.2. The van der Waals surface area contributed by atoms with E-state index < -0.39 is 0 Å². The zero-order chi connectivity index (χ0) is 12.9. The number of benzene rings is 1. The van der Waals surface area contributed by atoms with Gasteiger partial charge in [-0.2, -0.15) is 0 Å². The number of rotatable bonds is 1. The van der Waals surface area contributed by atoms with Crippen LogP contribution in [0.15, 0.2) is 42.7 Å². The molecule has 3 unspecified atom stereocenters. The fraction of sp³-hybridized carbons (Fsp3) is 0.500. The van der Waals surface area contributed by atoms with Crippen LogP contribution in [0.1, 0.15) is 25.2 Å². The maximum Gasteiger partial charge on any atom is 0.184 e. The molecular formula is C16H18O3. The van der Waals surface area contributed by atoms with Crippen molar-refractivity contribution in [3.8, 4) is 0 Å². The third-order valence-electron chi connectivity index (χ3n) is 4.78. The molecule has 19 heavy (non-hydrogen) atoms. The van der Waals surface area contributed by atoms with Crippen molar-refractivity contribution in [2.45, 2.75) is 31.3 Å².